The molecule has 0 aromatic heterocycles. The van der Waals surface area contributed by atoms with Crippen molar-refractivity contribution in [1.29, 1.82) is 0 Å². The third-order valence-corrected chi connectivity index (χ3v) is 0.850. The van der Waals surface area contributed by atoms with Crippen LogP contribution in [0.1, 0.15) is 34.6 Å². The van der Waals surface area contributed by atoms with E-state index < -0.39 is 11.6 Å². The minimum absolute atomic E-state index is 1.15. The van der Waals surface area contributed by atoms with Crippen LogP contribution in [0.15, 0.2) is 0 Å². The first-order chi connectivity index (χ1) is 4.25. The Morgan fingerprint density at radius 2 is 0.900 bits per heavy atom. The Morgan fingerprint density at radius 3 is 0.900 bits per heavy atom. The minimum Gasteiger partial charge on any atom is -0.171 e. The first-order valence-corrected chi connectivity index (χ1v) is 3.32. The van der Waals surface area contributed by atoms with E-state index in [1.165, 1.54) is 0 Å². The van der Waals surface area contributed by atoms with Gasteiger partial charge in [-0.1, -0.05) is 34.6 Å². The van der Waals surface area contributed by atoms with E-state index in [0.29, 0.717) is 0 Å². The lowest BCUT2D eigenvalue weighted by atomic mass is 9.96. The fraction of sp³-hybridized carbons (Fsp3) is 1.00. The molecule has 0 aliphatic carbocycles. The molecule has 0 saturated carbocycles. The Hall–Kier alpha value is -0.210. The standard InChI is InChI=1S/C5H9F3.C2H6/c1-4(2,3)5(6,7)8;1-2/h1-3H3;1-2H3. The van der Waals surface area contributed by atoms with E-state index >= 15 is 0 Å². The van der Waals surface area contributed by atoms with Gasteiger partial charge in [0.1, 0.15) is 0 Å². The molecule has 0 fully saturated rings. The quantitative estimate of drug-likeness (QED) is 0.502. The van der Waals surface area contributed by atoms with Gasteiger partial charge in [0.05, 0.1) is 5.41 Å². The van der Waals surface area contributed by atoms with Gasteiger partial charge in [0.25, 0.3) is 0 Å². The maximum atomic E-state index is 11.6. The first-order valence-electron chi connectivity index (χ1n) is 3.32. The van der Waals surface area contributed by atoms with E-state index in [2.05, 4.69) is 0 Å². The van der Waals surface area contributed by atoms with Crippen LogP contribution in [0.4, 0.5) is 13.2 Å². The van der Waals surface area contributed by atoms with Crippen LogP contribution in [0, 0.1) is 5.41 Å². The molecule has 0 aromatic rings. The second-order valence-electron chi connectivity index (χ2n) is 2.75. The van der Waals surface area contributed by atoms with E-state index in [1.807, 2.05) is 13.8 Å². The van der Waals surface area contributed by atoms with Gasteiger partial charge in [-0.05, 0) is 0 Å². The molecule has 0 N–H and O–H groups in total. The SMILES string of the molecule is CC.CC(C)(C)C(F)(F)F. The Morgan fingerprint density at radius 1 is 0.800 bits per heavy atom. The largest absolute Gasteiger partial charge is 0.393 e. The van der Waals surface area contributed by atoms with E-state index in [4.69, 9.17) is 0 Å². The molecule has 0 amide bonds. The smallest absolute Gasteiger partial charge is 0.171 e. The molecule has 0 heterocycles. The lowest BCUT2D eigenvalue weighted by Crippen LogP contribution is -2.28. The monoisotopic (exact) mass is 156 g/mol. The van der Waals surface area contributed by atoms with Gasteiger partial charge in [-0.2, -0.15) is 13.2 Å². The third-order valence-electron chi connectivity index (χ3n) is 0.850. The van der Waals surface area contributed by atoms with Gasteiger partial charge in [0.15, 0.2) is 0 Å². The predicted octanol–water partition coefficient (Wildman–Crippen LogP) is 3.62. The van der Waals surface area contributed by atoms with Gasteiger partial charge in [0.2, 0.25) is 0 Å². The van der Waals surface area contributed by atoms with Crippen LogP contribution in [-0.4, -0.2) is 6.18 Å². The molecule has 0 aliphatic rings. The summed E-state index contributed by atoms with van der Waals surface area (Å²) < 4.78 is 34.7. The summed E-state index contributed by atoms with van der Waals surface area (Å²) in [5.74, 6) is 0. The zero-order chi connectivity index (χ0) is 9.00. The van der Waals surface area contributed by atoms with Crippen molar-refractivity contribution in [3.63, 3.8) is 0 Å². The third kappa shape index (κ3) is 4.65. The average Bonchev–Trinajstić information content (AvgIpc) is 1.66. The molecule has 0 spiro atoms. The number of rotatable bonds is 0. The van der Waals surface area contributed by atoms with Crippen molar-refractivity contribution >= 4 is 0 Å². The Bertz CT molecular complexity index is 63.8. The highest BCUT2D eigenvalue weighted by Gasteiger charge is 2.42. The highest BCUT2D eigenvalue weighted by molar-refractivity contribution is 4.70. The van der Waals surface area contributed by atoms with E-state index in [-0.39, 0.29) is 0 Å². The summed E-state index contributed by atoms with van der Waals surface area (Å²) in [4.78, 5) is 0. The number of halogens is 3. The molecule has 0 radical (unpaired) electrons. The van der Waals surface area contributed by atoms with Crippen molar-refractivity contribution in [2.24, 2.45) is 5.41 Å². The van der Waals surface area contributed by atoms with Crippen LogP contribution in [0.25, 0.3) is 0 Å². The van der Waals surface area contributed by atoms with Crippen molar-refractivity contribution in [3.05, 3.63) is 0 Å². The highest BCUT2D eigenvalue weighted by atomic mass is 19.4. The van der Waals surface area contributed by atoms with Crippen molar-refractivity contribution in [2.45, 2.75) is 40.8 Å². The van der Waals surface area contributed by atoms with Crippen molar-refractivity contribution < 1.29 is 13.2 Å². The molecule has 0 unspecified atom stereocenters. The van der Waals surface area contributed by atoms with Gasteiger partial charge in [0, 0.05) is 0 Å². The molecule has 0 nitrogen and oxygen atoms in total. The second-order valence-corrected chi connectivity index (χ2v) is 2.75. The van der Waals surface area contributed by atoms with Crippen LogP contribution >= 0.6 is 0 Å². The molecule has 0 aliphatic heterocycles. The molecule has 0 saturated heterocycles. The normalized spacial score (nSPS) is 12.0. The highest BCUT2D eigenvalue weighted by Crippen LogP contribution is 2.36. The fourth-order valence-corrected chi connectivity index (χ4v) is 0. The van der Waals surface area contributed by atoms with Crippen LogP contribution in [0.3, 0.4) is 0 Å². The summed E-state index contributed by atoms with van der Waals surface area (Å²) in [5, 5.41) is 0. The van der Waals surface area contributed by atoms with Crippen LogP contribution in [0.5, 0.6) is 0 Å². The van der Waals surface area contributed by atoms with Gasteiger partial charge >= 0.3 is 6.18 Å². The Kier molecular flexibility index (Phi) is 4.78. The number of alkyl halides is 3. The van der Waals surface area contributed by atoms with E-state index in [1.54, 1.807) is 0 Å². The molecule has 0 atom stereocenters. The molecular weight excluding hydrogens is 141 g/mol. The molecular formula is C7H15F3. The Labute approximate surface area is 60.4 Å². The summed E-state index contributed by atoms with van der Waals surface area (Å²) in [6.45, 7) is 7.44. The molecule has 0 bridgehead atoms. The lowest BCUT2D eigenvalue weighted by Gasteiger charge is -2.21. The first kappa shape index (κ1) is 12.5. The summed E-state index contributed by atoms with van der Waals surface area (Å²) >= 11 is 0. The summed E-state index contributed by atoms with van der Waals surface area (Å²) in [6.07, 6.45) is -4.06. The van der Waals surface area contributed by atoms with Gasteiger partial charge < -0.3 is 0 Å². The lowest BCUT2D eigenvalue weighted by molar-refractivity contribution is -0.204. The van der Waals surface area contributed by atoms with Crippen molar-refractivity contribution in [3.8, 4) is 0 Å². The van der Waals surface area contributed by atoms with Crippen LogP contribution in [0.2, 0.25) is 0 Å². The summed E-state index contributed by atoms with van der Waals surface area (Å²) in [5.41, 5.74) is -1.56. The maximum Gasteiger partial charge on any atom is 0.393 e. The molecule has 3 heteroatoms. The van der Waals surface area contributed by atoms with Crippen molar-refractivity contribution in [2.75, 3.05) is 0 Å². The minimum atomic E-state index is -4.06. The zero-order valence-corrected chi connectivity index (χ0v) is 7.13. The zero-order valence-electron chi connectivity index (χ0n) is 7.13. The van der Waals surface area contributed by atoms with Gasteiger partial charge in [-0.15, -0.1) is 0 Å². The van der Waals surface area contributed by atoms with E-state index in [0.717, 1.165) is 20.8 Å². The summed E-state index contributed by atoms with van der Waals surface area (Å²) in [7, 11) is 0. The summed E-state index contributed by atoms with van der Waals surface area (Å²) in [6, 6.07) is 0. The topological polar surface area (TPSA) is 0 Å². The molecule has 10 heavy (non-hydrogen) atoms. The number of hydrogen-bond donors (Lipinski definition) is 0. The van der Waals surface area contributed by atoms with Crippen LogP contribution in [-0.2, 0) is 0 Å². The fourth-order valence-electron chi connectivity index (χ4n) is 0. The number of hydrogen-bond acceptors (Lipinski definition) is 0. The molecule has 0 aromatic carbocycles. The van der Waals surface area contributed by atoms with Gasteiger partial charge in [-0.3, -0.25) is 0 Å². The molecule has 0 rings (SSSR count). The van der Waals surface area contributed by atoms with Gasteiger partial charge in [-0.25, -0.2) is 0 Å². The predicted molar refractivity (Wildman–Crippen MR) is 36.9 cm³/mol. The Balaban J connectivity index is 0. The maximum absolute atomic E-state index is 11.6. The second kappa shape index (κ2) is 3.84. The van der Waals surface area contributed by atoms with Crippen molar-refractivity contribution in [1.82, 2.24) is 0 Å². The van der Waals surface area contributed by atoms with Crippen LogP contribution < -0.4 is 0 Å². The average molecular weight is 156 g/mol. The van der Waals surface area contributed by atoms with E-state index in [9.17, 15) is 13.2 Å². The molecule has 64 valence electrons.